The van der Waals surface area contributed by atoms with Crippen LogP contribution in [0.4, 0.5) is 11.5 Å². The van der Waals surface area contributed by atoms with Crippen molar-refractivity contribution >= 4 is 33.3 Å². The van der Waals surface area contributed by atoms with Gasteiger partial charge in [0.15, 0.2) is 0 Å². The molecule has 1 amide bonds. The second-order valence-corrected chi connectivity index (χ2v) is 7.35. The molecule has 1 aromatic heterocycles. The molecule has 1 N–H and O–H groups in total. The smallest absolute Gasteiger partial charge is 0.257 e. The molecule has 0 radical (unpaired) electrons. The van der Waals surface area contributed by atoms with Crippen LogP contribution in [0.3, 0.4) is 0 Å². The van der Waals surface area contributed by atoms with Gasteiger partial charge in [0.25, 0.3) is 5.91 Å². The van der Waals surface area contributed by atoms with Crippen molar-refractivity contribution in [3.05, 3.63) is 52.1 Å². The average Bonchev–Trinajstić information content (AvgIpc) is 2.59. The Kier molecular flexibility index (Phi) is 5.19. The van der Waals surface area contributed by atoms with Crippen LogP contribution in [0.25, 0.3) is 0 Å². The van der Waals surface area contributed by atoms with Gasteiger partial charge in [0, 0.05) is 29.4 Å². The summed E-state index contributed by atoms with van der Waals surface area (Å²) in [4.78, 5) is 19.1. The molecule has 2 heterocycles. The maximum absolute atomic E-state index is 12.4. The van der Waals surface area contributed by atoms with Crippen molar-refractivity contribution in [1.82, 2.24) is 4.98 Å². The van der Waals surface area contributed by atoms with Crippen LogP contribution in [-0.4, -0.2) is 24.0 Å². The second-order valence-electron chi connectivity index (χ2n) is 6.49. The number of hydrogen-bond acceptors (Lipinski definition) is 3. The van der Waals surface area contributed by atoms with Gasteiger partial charge < -0.3 is 10.2 Å². The molecule has 126 valence electrons. The van der Waals surface area contributed by atoms with Gasteiger partial charge in [-0.25, -0.2) is 4.98 Å². The quantitative estimate of drug-likeness (QED) is 0.833. The molecule has 0 unspecified atom stereocenters. The van der Waals surface area contributed by atoms with Gasteiger partial charge in [0.1, 0.15) is 5.82 Å². The van der Waals surface area contributed by atoms with E-state index in [0.29, 0.717) is 5.56 Å². The molecule has 0 saturated carbocycles. The summed E-state index contributed by atoms with van der Waals surface area (Å²) in [5.41, 5.74) is 2.44. The molecule has 1 saturated heterocycles. The zero-order valence-corrected chi connectivity index (χ0v) is 15.6. The van der Waals surface area contributed by atoms with E-state index in [0.717, 1.165) is 40.5 Å². The fourth-order valence-corrected chi connectivity index (χ4v) is 3.12. The number of hydrogen-bond donors (Lipinski definition) is 1. The first kappa shape index (κ1) is 17.0. The minimum absolute atomic E-state index is 0.136. The van der Waals surface area contributed by atoms with Crippen LogP contribution in [0, 0.1) is 12.8 Å². The normalized spacial score (nSPS) is 15.4. The average molecular weight is 388 g/mol. The number of anilines is 2. The summed E-state index contributed by atoms with van der Waals surface area (Å²) in [6.07, 6.45) is 4.06. The summed E-state index contributed by atoms with van der Waals surface area (Å²) >= 11 is 3.46. The predicted molar refractivity (Wildman–Crippen MR) is 102 cm³/mol. The number of pyridine rings is 1. The van der Waals surface area contributed by atoms with Crippen LogP contribution in [0.2, 0.25) is 0 Å². The number of carbonyl (C=O) groups excluding carboxylic acids is 1. The van der Waals surface area contributed by atoms with E-state index in [2.05, 4.69) is 38.1 Å². The Morgan fingerprint density at radius 1 is 1.25 bits per heavy atom. The maximum atomic E-state index is 12.4. The van der Waals surface area contributed by atoms with Gasteiger partial charge >= 0.3 is 0 Å². The van der Waals surface area contributed by atoms with E-state index in [1.54, 1.807) is 6.20 Å². The molecule has 0 bridgehead atoms. The van der Waals surface area contributed by atoms with E-state index >= 15 is 0 Å². The molecule has 1 aliphatic heterocycles. The largest absolute Gasteiger partial charge is 0.357 e. The minimum atomic E-state index is -0.136. The molecule has 1 aliphatic rings. The van der Waals surface area contributed by atoms with Crippen molar-refractivity contribution in [2.24, 2.45) is 5.92 Å². The Hall–Kier alpha value is -1.88. The van der Waals surface area contributed by atoms with Crippen molar-refractivity contribution in [3.63, 3.8) is 0 Å². The zero-order chi connectivity index (χ0) is 17.1. The number of benzene rings is 1. The fraction of sp³-hybridized carbons (Fsp3) is 0.368. The molecule has 1 fully saturated rings. The topological polar surface area (TPSA) is 45.2 Å². The van der Waals surface area contributed by atoms with Gasteiger partial charge in [-0.05, 0) is 61.6 Å². The number of aryl methyl sites for hydroxylation is 1. The number of nitrogens with one attached hydrogen (secondary N) is 1. The highest BCUT2D eigenvalue weighted by molar-refractivity contribution is 9.10. The van der Waals surface area contributed by atoms with Crippen molar-refractivity contribution in [2.75, 3.05) is 23.3 Å². The summed E-state index contributed by atoms with van der Waals surface area (Å²) in [5, 5.41) is 2.92. The SMILES string of the molecule is Cc1cc(NC(=O)c2ccc(N3CCC(C)CC3)nc2)ccc1Br. The molecule has 3 rings (SSSR count). The molecule has 5 heteroatoms. The summed E-state index contributed by atoms with van der Waals surface area (Å²) in [6, 6.07) is 9.55. The van der Waals surface area contributed by atoms with Gasteiger partial charge in [-0.2, -0.15) is 0 Å². The van der Waals surface area contributed by atoms with Gasteiger partial charge in [-0.15, -0.1) is 0 Å². The van der Waals surface area contributed by atoms with Crippen molar-refractivity contribution in [1.29, 1.82) is 0 Å². The first-order valence-electron chi connectivity index (χ1n) is 8.31. The second kappa shape index (κ2) is 7.34. The van der Waals surface area contributed by atoms with Gasteiger partial charge in [-0.1, -0.05) is 22.9 Å². The lowest BCUT2D eigenvalue weighted by Crippen LogP contribution is -2.33. The van der Waals surface area contributed by atoms with Gasteiger partial charge in [-0.3, -0.25) is 4.79 Å². The third-order valence-electron chi connectivity index (χ3n) is 4.53. The van der Waals surface area contributed by atoms with Crippen LogP contribution in [0.15, 0.2) is 41.0 Å². The Bertz CT molecular complexity index is 722. The highest BCUT2D eigenvalue weighted by Crippen LogP contribution is 2.22. The number of rotatable bonds is 3. The third kappa shape index (κ3) is 3.96. The molecule has 0 aliphatic carbocycles. The van der Waals surface area contributed by atoms with Gasteiger partial charge in [0.2, 0.25) is 0 Å². The van der Waals surface area contributed by atoms with E-state index in [1.165, 1.54) is 12.8 Å². The lowest BCUT2D eigenvalue weighted by molar-refractivity contribution is 0.102. The highest BCUT2D eigenvalue weighted by atomic mass is 79.9. The maximum Gasteiger partial charge on any atom is 0.257 e. The number of aromatic nitrogens is 1. The molecular formula is C19H22BrN3O. The monoisotopic (exact) mass is 387 g/mol. The van der Waals surface area contributed by atoms with E-state index in [1.807, 2.05) is 37.3 Å². The van der Waals surface area contributed by atoms with E-state index in [9.17, 15) is 4.79 Å². The lowest BCUT2D eigenvalue weighted by Gasteiger charge is -2.31. The van der Waals surface area contributed by atoms with Crippen LogP contribution < -0.4 is 10.2 Å². The Labute approximate surface area is 151 Å². The van der Waals surface area contributed by atoms with Crippen molar-refractivity contribution in [3.8, 4) is 0 Å². The number of nitrogens with zero attached hydrogens (tertiary/aromatic N) is 2. The molecule has 24 heavy (non-hydrogen) atoms. The standard InChI is InChI=1S/C19H22BrN3O/c1-13-7-9-23(10-8-13)18-6-3-15(12-21-18)19(24)22-16-4-5-17(20)14(2)11-16/h3-6,11-13H,7-10H2,1-2H3,(H,22,24). The molecule has 0 atom stereocenters. The highest BCUT2D eigenvalue weighted by Gasteiger charge is 2.17. The predicted octanol–water partition coefficient (Wildman–Crippen LogP) is 4.64. The van der Waals surface area contributed by atoms with Crippen LogP contribution in [0.1, 0.15) is 35.7 Å². The Morgan fingerprint density at radius 2 is 2.00 bits per heavy atom. The van der Waals surface area contributed by atoms with Crippen LogP contribution in [0.5, 0.6) is 0 Å². The molecule has 2 aromatic rings. The number of piperidine rings is 1. The summed E-state index contributed by atoms with van der Waals surface area (Å²) in [7, 11) is 0. The first-order chi connectivity index (χ1) is 11.5. The van der Waals surface area contributed by atoms with Gasteiger partial charge in [0.05, 0.1) is 5.56 Å². The summed E-state index contributed by atoms with van der Waals surface area (Å²) < 4.78 is 1.03. The van der Waals surface area contributed by atoms with Crippen LogP contribution in [-0.2, 0) is 0 Å². The summed E-state index contributed by atoms with van der Waals surface area (Å²) in [6.45, 7) is 6.37. The molecule has 4 nitrogen and oxygen atoms in total. The van der Waals surface area contributed by atoms with Crippen molar-refractivity contribution < 1.29 is 4.79 Å². The molecule has 0 spiro atoms. The molecular weight excluding hydrogens is 366 g/mol. The molecule has 1 aromatic carbocycles. The first-order valence-corrected chi connectivity index (χ1v) is 9.11. The Morgan fingerprint density at radius 3 is 2.62 bits per heavy atom. The summed E-state index contributed by atoms with van der Waals surface area (Å²) in [5.74, 6) is 1.61. The number of amides is 1. The zero-order valence-electron chi connectivity index (χ0n) is 14.1. The third-order valence-corrected chi connectivity index (χ3v) is 5.42. The minimum Gasteiger partial charge on any atom is -0.357 e. The lowest BCUT2D eigenvalue weighted by atomic mass is 9.99. The van der Waals surface area contributed by atoms with Crippen LogP contribution >= 0.6 is 15.9 Å². The number of carbonyl (C=O) groups is 1. The van der Waals surface area contributed by atoms with E-state index in [4.69, 9.17) is 0 Å². The van der Waals surface area contributed by atoms with Crippen molar-refractivity contribution in [2.45, 2.75) is 26.7 Å². The Balaban J connectivity index is 1.66. The number of halogens is 1. The van der Waals surface area contributed by atoms with E-state index in [-0.39, 0.29) is 5.91 Å². The van der Waals surface area contributed by atoms with E-state index < -0.39 is 0 Å². The fourth-order valence-electron chi connectivity index (χ4n) is 2.87.